The Morgan fingerprint density at radius 1 is 0.833 bits per heavy atom. The zero-order chi connectivity index (χ0) is 31.3. The van der Waals surface area contributed by atoms with Gasteiger partial charge in [0.1, 0.15) is 18.1 Å². The van der Waals surface area contributed by atoms with Crippen molar-refractivity contribution in [2.75, 3.05) is 23.8 Å². The minimum absolute atomic E-state index is 0.0781. The molecule has 2 amide bonds. The number of carbonyl (C=O) groups is 2. The third kappa shape index (κ3) is 11.5. The molecule has 0 spiro atoms. The van der Waals surface area contributed by atoms with Crippen LogP contribution < -0.4 is 21.3 Å². The first-order valence-electron chi connectivity index (χ1n) is 13.2. The zero-order valence-corrected chi connectivity index (χ0v) is 24.6. The predicted molar refractivity (Wildman–Crippen MR) is 169 cm³/mol. The fourth-order valence-electron chi connectivity index (χ4n) is 3.52. The van der Waals surface area contributed by atoms with Gasteiger partial charge in [-0.3, -0.25) is 0 Å². The number of aromatic hydroxyl groups is 2. The van der Waals surface area contributed by atoms with Gasteiger partial charge in [0.15, 0.2) is 0 Å². The van der Waals surface area contributed by atoms with Gasteiger partial charge in [-0.1, -0.05) is 43.5 Å². The molecule has 0 radical (unpaired) electrons. The largest absolute Gasteiger partial charge is 0.508 e. The summed E-state index contributed by atoms with van der Waals surface area (Å²) in [4.78, 5) is 22.5. The molecule has 0 aliphatic rings. The van der Waals surface area contributed by atoms with E-state index in [1.54, 1.807) is 43.3 Å². The Labute approximate surface area is 247 Å². The average Bonchev–Trinajstić information content (AvgIpc) is 2.93. The first-order chi connectivity index (χ1) is 19.8. The van der Waals surface area contributed by atoms with Crippen molar-refractivity contribution in [2.45, 2.75) is 33.2 Å². The van der Waals surface area contributed by atoms with E-state index < -0.39 is 12.0 Å². The van der Waals surface area contributed by atoms with E-state index in [0.29, 0.717) is 17.1 Å². The third-order valence-corrected chi connectivity index (χ3v) is 5.80. The summed E-state index contributed by atoms with van der Waals surface area (Å²) in [7, 11) is 0. The number of hydrogen-bond acceptors (Lipinski definition) is 7. The number of allylic oxidation sites excluding steroid dienone is 1. The smallest absolute Gasteiger partial charge is 0.333 e. The Hall–Kier alpha value is -5.18. The first-order valence-corrected chi connectivity index (χ1v) is 13.2. The lowest BCUT2D eigenvalue weighted by Crippen LogP contribution is -2.37. The second kappa shape index (κ2) is 15.6. The van der Waals surface area contributed by atoms with Gasteiger partial charge in [-0.05, 0) is 93.4 Å². The molecule has 3 aromatic carbocycles. The number of ether oxygens (including phenoxy) is 1. The van der Waals surface area contributed by atoms with Crippen LogP contribution in [0.4, 0.5) is 16.2 Å². The maximum Gasteiger partial charge on any atom is 0.333 e. The molecule has 3 aromatic rings. The first kappa shape index (κ1) is 33.0. The lowest BCUT2D eigenvalue weighted by Gasteiger charge is -2.30. The van der Waals surface area contributed by atoms with Crippen molar-refractivity contribution in [2.24, 2.45) is 0 Å². The molecule has 0 aromatic heterocycles. The zero-order valence-electron chi connectivity index (χ0n) is 24.6. The highest BCUT2D eigenvalue weighted by Gasteiger charge is 2.21. The third-order valence-electron chi connectivity index (χ3n) is 5.80. The molecular formula is C33H40N4O5. The Kier molecular flexibility index (Phi) is 12.2. The van der Waals surface area contributed by atoms with Crippen molar-refractivity contribution in [3.05, 3.63) is 115 Å². The van der Waals surface area contributed by atoms with Gasteiger partial charge in [0.25, 0.3) is 0 Å². The summed E-state index contributed by atoms with van der Waals surface area (Å²) in [5.41, 5.74) is 4.78. The number of hydrogen-bond donors (Lipinski definition) is 6. The monoisotopic (exact) mass is 572 g/mol. The maximum absolute atomic E-state index is 11.4. The number of phenols is 2. The molecule has 0 saturated carbocycles. The van der Waals surface area contributed by atoms with Gasteiger partial charge in [-0.15, -0.1) is 0 Å². The van der Waals surface area contributed by atoms with Crippen LogP contribution >= 0.6 is 0 Å². The van der Waals surface area contributed by atoms with Crippen molar-refractivity contribution >= 4 is 28.9 Å². The molecule has 0 heterocycles. The highest BCUT2D eigenvalue weighted by molar-refractivity contribution is 5.89. The Morgan fingerprint density at radius 2 is 1.38 bits per heavy atom. The van der Waals surface area contributed by atoms with E-state index in [0.717, 1.165) is 22.4 Å². The minimum atomic E-state index is -0.485. The number of urea groups is 1. The van der Waals surface area contributed by atoms with Crippen LogP contribution in [0.2, 0.25) is 0 Å². The number of rotatable bonds is 11. The molecule has 0 bridgehead atoms. The van der Waals surface area contributed by atoms with E-state index in [1.165, 1.54) is 12.1 Å². The van der Waals surface area contributed by atoms with E-state index >= 15 is 0 Å². The Morgan fingerprint density at radius 3 is 1.90 bits per heavy atom. The Balaban J connectivity index is 0.000000299. The molecule has 222 valence electrons. The maximum atomic E-state index is 11.4. The quantitative estimate of drug-likeness (QED) is 0.0672. The van der Waals surface area contributed by atoms with Crippen LogP contribution in [0.25, 0.3) is 5.57 Å². The molecule has 6 N–H and O–H groups in total. The van der Waals surface area contributed by atoms with Crippen molar-refractivity contribution in [3.8, 4) is 11.5 Å². The summed E-state index contributed by atoms with van der Waals surface area (Å²) in [5.74, 6) is 0.575. The summed E-state index contributed by atoms with van der Waals surface area (Å²) in [5, 5.41) is 30.1. The lowest BCUT2D eigenvalue weighted by molar-refractivity contribution is -0.138. The van der Waals surface area contributed by atoms with Crippen molar-refractivity contribution in [1.29, 1.82) is 0 Å². The molecule has 9 nitrogen and oxygen atoms in total. The fraction of sp³-hybridized carbons (Fsp3) is 0.212. The molecule has 42 heavy (non-hydrogen) atoms. The highest BCUT2D eigenvalue weighted by Crippen LogP contribution is 2.25. The summed E-state index contributed by atoms with van der Waals surface area (Å²) in [6.07, 6.45) is 0. The van der Waals surface area contributed by atoms with Gasteiger partial charge in [-0.25, -0.2) is 9.59 Å². The Bertz CT molecular complexity index is 1400. The molecule has 0 aliphatic heterocycles. The summed E-state index contributed by atoms with van der Waals surface area (Å²) in [6, 6.07) is 20.8. The number of carbonyl (C=O) groups excluding carboxylic acids is 2. The SMILES string of the molecule is C=C(C)C(=O)OCCNC(=O)Nc1ccc(O)cc1.C=C(Nc1ccc(O)cc1)NC(C)(C)c1cccc(C(=C)C)c1. The predicted octanol–water partition coefficient (Wildman–Crippen LogP) is 6.47. The van der Waals surface area contributed by atoms with Crippen LogP contribution in [-0.2, 0) is 15.1 Å². The topological polar surface area (TPSA) is 132 Å². The highest BCUT2D eigenvalue weighted by atomic mass is 16.5. The van der Waals surface area contributed by atoms with Crippen LogP contribution in [0.15, 0.2) is 104 Å². The second-order valence-electron chi connectivity index (χ2n) is 10.1. The summed E-state index contributed by atoms with van der Waals surface area (Å²) < 4.78 is 4.81. The molecule has 0 unspecified atom stereocenters. The van der Waals surface area contributed by atoms with Gasteiger partial charge in [0.2, 0.25) is 0 Å². The number of esters is 1. The molecule has 0 aliphatic carbocycles. The number of benzene rings is 3. The molecule has 0 saturated heterocycles. The molecule has 3 rings (SSSR count). The summed E-state index contributed by atoms with van der Waals surface area (Å²) >= 11 is 0. The van der Waals surface area contributed by atoms with Gasteiger partial charge in [-0.2, -0.15) is 0 Å². The van der Waals surface area contributed by atoms with Gasteiger partial charge >= 0.3 is 12.0 Å². The normalized spacial score (nSPS) is 10.3. The van der Waals surface area contributed by atoms with E-state index in [-0.39, 0.29) is 30.2 Å². The van der Waals surface area contributed by atoms with Gasteiger partial charge in [0.05, 0.1) is 17.9 Å². The van der Waals surface area contributed by atoms with Crippen molar-refractivity contribution in [3.63, 3.8) is 0 Å². The van der Waals surface area contributed by atoms with Crippen molar-refractivity contribution in [1.82, 2.24) is 10.6 Å². The molecule has 0 fully saturated rings. The van der Waals surface area contributed by atoms with Crippen LogP contribution in [-0.4, -0.2) is 35.4 Å². The van der Waals surface area contributed by atoms with Crippen LogP contribution in [0.5, 0.6) is 11.5 Å². The molecule has 9 heteroatoms. The van der Waals surface area contributed by atoms with Crippen LogP contribution in [0.3, 0.4) is 0 Å². The molecular weight excluding hydrogens is 532 g/mol. The average molecular weight is 573 g/mol. The number of anilines is 2. The minimum Gasteiger partial charge on any atom is -0.508 e. The number of nitrogens with one attached hydrogen (secondary N) is 4. The van der Waals surface area contributed by atoms with Crippen LogP contribution in [0, 0.1) is 0 Å². The van der Waals surface area contributed by atoms with Gasteiger partial charge in [0, 0.05) is 16.9 Å². The van der Waals surface area contributed by atoms with E-state index in [2.05, 4.69) is 73.1 Å². The second-order valence-corrected chi connectivity index (χ2v) is 10.1. The number of phenolic OH excluding ortho intramolecular Hbond substituents is 2. The fourth-order valence-corrected chi connectivity index (χ4v) is 3.52. The molecule has 0 atom stereocenters. The lowest BCUT2D eigenvalue weighted by atomic mass is 9.91. The van der Waals surface area contributed by atoms with E-state index in [1.807, 2.05) is 13.0 Å². The number of amides is 2. The summed E-state index contributed by atoms with van der Waals surface area (Å²) in [6.45, 7) is 19.5. The van der Waals surface area contributed by atoms with Gasteiger partial charge < -0.3 is 36.2 Å². The van der Waals surface area contributed by atoms with Crippen molar-refractivity contribution < 1.29 is 24.5 Å². The standard InChI is InChI=1S/C20H24N2O.C13H16N2O4/c1-14(2)16-7-6-8-17(13-16)20(4,5)22-15(3)21-18-9-11-19(23)12-10-18;1-9(2)12(17)19-8-7-14-13(18)15-10-3-5-11(16)6-4-10/h6-13,21-23H,1,3H2,2,4-5H3;3-6,16H,1,7-8H2,2H3,(H2,14,15,18). The van der Waals surface area contributed by atoms with E-state index in [4.69, 9.17) is 9.84 Å². The van der Waals surface area contributed by atoms with Crippen LogP contribution in [0.1, 0.15) is 38.8 Å². The van der Waals surface area contributed by atoms with E-state index in [9.17, 15) is 14.7 Å².